The van der Waals surface area contributed by atoms with Gasteiger partial charge in [0, 0.05) is 11.8 Å². The smallest absolute Gasteiger partial charge is 0.321 e. The van der Waals surface area contributed by atoms with Gasteiger partial charge < -0.3 is 14.8 Å². The lowest BCUT2D eigenvalue weighted by Crippen LogP contribution is -2.35. The van der Waals surface area contributed by atoms with E-state index in [0.29, 0.717) is 12.2 Å². The number of aryl methyl sites for hydroxylation is 1. The molecule has 0 saturated carbocycles. The van der Waals surface area contributed by atoms with E-state index in [1.165, 1.54) is 11.3 Å². The standard InChI is InChI=1S/C12H14N2O3S/c1-7-3-4-10(17-7)9-6-18-11(14-9)5-8(13-2)12(15)16/h3-4,6,8,13H,5H2,1-2H3,(H,15,16). The number of carboxylic acid groups (broad SMARTS) is 1. The van der Waals surface area contributed by atoms with Gasteiger partial charge in [-0.3, -0.25) is 4.79 Å². The van der Waals surface area contributed by atoms with Crippen molar-refractivity contribution in [3.63, 3.8) is 0 Å². The van der Waals surface area contributed by atoms with Gasteiger partial charge in [-0.2, -0.15) is 0 Å². The van der Waals surface area contributed by atoms with E-state index in [1.54, 1.807) is 7.05 Å². The van der Waals surface area contributed by atoms with Gasteiger partial charge in [0.15, 0.2) is 5.76 Å². The van der Waals surface area contributed by atoms with Crippen LogP contribution in [-0.4, -0.2) is 29.1 Å². The first-order valence-corrected chi connectivity index (χ1v) is 6.39. The molecule has 2 heterocycles. The van der Waals surface area contributed by atoms with Crippen molar-refractivity contribution in [2.24, 2.45) is 0 Å². The second-order valence-electron chi connectivity index (χ2n) is 3.92. The summed E-state index contributed by atoms with van der Waals surface area (Å²) in [5.74, 6) is 0.674. The lowest BCUT2D eigenvalue weighted by Gasteiger charge is -2.07. The van der Waals surface area contributed by atoms with E-state index in [-0.39, 0.29) is 0 Å². The number of hydrogen-bond acceptors (Lipinski definition) is 5. The average Bonchev–Trinajstić information content (AvgIpc) is 2.94. The van der Waals surface area contributed by atoms with Gasteiger partial charge in [-0.05, 0) is 26.1 Å². The van der Waals surface area contributed by atoms with Crippen LogP contribution < -0.4 is 5.32 Å². The van der Waals surface area contributed by atoms with Crippen molar-refractivity contribution in [3.8, 4) is 11.5 Å². The summed E-state index contributed by atoms with van der Waals surface area (Å²) in [6.07, 6.45) is 0.371. The van der Waals surface area contributed by atoms with Gasteiger partial charge in [0.05, 0.1) is 5.01 Å². The van der Waals surface area contributed by atoms with Gasteiger partial charge in [-0.25, -0.2) is 4.98 Å². The highest BCUT2D eigenvalue weighted by Crippen LogP contribution is 2.24. The Morgan fingerprint density at radius 2 is 2.39 bits per heavy atom. The molecule has 18 heavy (non-hydrogen) atoms. The summed E-state index contributed by atoms with van der Waals surface area (Å²) in [5, 5.41) is 14.4. The number of carbonyl (C=O) groups is 1. The third-order valence-electron chi connectivity index (χ3n) is 2.57. The zero-order valence-electron chi connectivity index (χ0n) is 10.1. The van der Waals surface area contributed by atoms with Gasteiger partial charge >= 0.3 is 5.97 Å². The minimum Gasteiger partial charge on any atom is -0.480 e. The van der Waals surface area contributed by atoms with Crippen LogP contribution in [0.4, 0.5) is 0 Å². The molecule has 0 amide bonds. The molecule has 0 aliphatic heterocycles. The largest absolute Gasteiger partial charge is 0.480 e. The molecule has 2 aromatic heterocycles. The topological polar surface area (TPSA) is 75.4 Å². The van der Waals surface area contributed by atoms with Gasteiger partial charge in [0.1, 0.15) is 17.5 Å². The Hall–Kier alpha value is -1.66. The predicted octanol–water partition coefficient (Wildman–Crippen LogP) is 1.93. The first kappa shape index (κ1) is 12.8. The third-order valence-corrected chi connectivity index (χ3v) is 3.44. The molecule has 1 unspecified atom stereocenters. The summed E-state index contributed by atoms with van der Waals surface area (Å²) in [6, 6.07) is 3.13. The number of aliphatic carboxylic acids is 1. The second kappa shape index (κ2) is 5.32. The lowest BCUT2D eigenvalue weighted by molar-refractivity contribution is -0.139. The van der Waals surface area contributed by atoms with Crippen molar-refractivity contribution in [1.29, 1.82) is 0 Å². The molecule has 2 rings (SSSR count). The SMILES string of the molecule is CNC(Cc1nc(-c2ccc(C)o2)cs1)C(=O)O. The van der Waals surface area contributed by atoms with E-state index in [4.69, 9.17) is 9.52 Å². The fraction of sp³-hybridized carbons (Fsp3) is 0.333. The molecule has 0 aromatic carbocycles. The van der Waals surface area contributed by atoms with E-state index < -0.39 is 12.0 Å². The summed E-state index contributed by atoms with van der Waals surface area (Å²) in [4.78, 5) is 15.3. The maximum atomic E-state index is 10.9. The first-order chi connectivity index (χ1) is 8.60. The number of carboxylic acids is 1. The van der Waals surface area contributed by atoms with Crippen LogP contribution >= 0.6 is 11.3 Å². The number of aromatic nitrogens is 1. The number of thiazole rings is 1. The van der Waals surface area contributed by atoms with Crippen LogP contribution in [0.3, 0.4) is 0 Å². The fourth-order valence-electron chi connectivity index (χ4n) is 1.58. The number of rotatable bonds is 5. The quantitative estimate of drug-likeness (QED) is 0.864. The Morgan fingerprint density at radius 1 is 1.61 bits per heavy atom. The van der Waals surface area contributed by atoms with Gasteiger partial charge in [-0.1, -0.05) is 0 Å². The molecule has 0 radical (unpaired) electrons. The lowest BCUT2D eigenvalue weighted by atomic mass is 10.2. The minimum atomic E-state index is -0.872. The van der Waals surface area contributed by atoms with Crippen LogP contribution in [0.2, 0.25) is 0 Å². The molecule has 0 aliphatic carbocycles. The maximum Gasteiger partial charge on any atom is 0.321 e. The highest BCUT2D eigenvalue weighted by molar-refractivity contribution is 7.09. The van der Waals surface area contributed by atoms with Crippen molar-refractivity contribution in [2.75, 3.05) is 7.05 Å². The van der Waals surface area contributed by atoms with Crippen LogP contribution in [0.5, 0.6) is 0 Å². The summed E-state index contributed by atoms with van der Waals surface area (Å²) in [6.45, 7) is 1.87. The van der Waals surface area contributed by atoms with Crippen molar-refractivity contribution in [3.05, 3.63) is 28.3 Å². The zero-order valence-corrected chi connectivity index (χ0v) is 11.0. The molecule has 2 N–H and O–H groups in total. The summed E-state index contributed by atoms with van der Waals surface area (Å²) in [7, 11) is 1.63. The van der Waals surface area contributed by atoms with Gasteiger partial charge in [0.2, 0.25) is 0 Å². The fourth-order valence-corrected chi connectivity index (χ4v) is 2.41. The predicted molar refractivity (Wildman–Crippen MR) is 68.7 cm³/mol. The van der Waals surface area contributed by atoms with E-state index >= 15 is 0 Å². The number of hydrogen-bond donors (Lipinski definition) is 2. The van der Waals surface area contributed by atoms with Gasteiger partial charge in [0.25, 0.3) is 0 Å². The highest BCUT2D eigenvalue weighted by atomic mass is 32.1. The highest BCUT2D eigenvalue weighted by Gasteiger charge is 2.18. The number of furan rings is 1. The Morgan fingerprint density at radius 3 is 2.94 bits per heavy atom. The number of likely N-dealkylation sites (N-methyl/N-ethyl adjacent to an activating group) is 1. The van der Waals surface area contributed by atoms with Crippen molar-refractivity contribution < 1.29 is 14.3 Å². The Kier molecular flexibility index (Phi) is 3.78. The van der Waals surface area contributed by atoms with Crippen LogP contribution in [0.1, 0.15) is 10.8 Å². The van der Waals surface area contributed by atoms with Crippen molar-refractivity contribution in [2.45, 2.75) is 19.4 Å². The molecule has 5 nitrogen and oxygen atoms in total. The Balaban J connectivity index is 2.13. The van der Waals surface area contributed by atoms with Crippen LogP contribution in [0.15, 0.2) is 21.9 Å². The summed E-state index contributed by atoms with van der Waals surface area (Å²) in [5.41, 5.74) is 0.753. The molecule has 0 saturated heterocycles. The van der Waals surface area contributed by atoms with Crippen LogP contribution in [-0.2, 0) is 11.2 Å². The molecule has 96 valence electrons. The second-order valence-corrected chi connectivity index (χ2v) is 4.86. The van der Waals surface area contributed by atoms with Crippen molar-refractivity contribution >= 4 is 17.3 Å². The molecule has 2 aromatic rings. The number of nitrogens with zero attached hydrogens (tertiary/aromatic N) is 1. The molecular formula is C12H14N2O3S. The summed E-state index contributed by atoms with van der Waals surface area (Å²) < 4.78 is 5.47. The molecule has 6 heteroatoms. The van der Waals surface area contributed by atoms with E-state index in [0.717, 1.165) is 16.5 Å². The third kappa shape index (κ3) is 2.77. The molecule has 0 aliphatic rings. The van der Waals surface area contributed by atoms with Crippen molar-refractivity contribution in [1.82, 2.24) is 10.3 Å². The van der Waals surface area contributed by atoms with E-state index in [1.807, 2.05) is 24.4 Å². The molecule has 0 fully saturated rings. The number of nitrogens with one attached hydrogen (secondary N) is 1. The van der Waals surface area contributed by atoms with E-state index in [2.05, 4.69) is 10.3 Å². The van der Waals surface area contributed by atoms with E-state index in [9.17, 15) is 4.79 Å². The molecular weight excluding hydrogens is 252 g/mol. The first-order valence-electron chi connectivity index (χ1n) is 5.51. The molecule has 0 spiro atoms. The minimum absolute atomic E-state index is 0.371. The monoisotopic (exact) mass is 266 g/mol. The Labute approximate surface area is 108 Å². The van der Waals surface area contributed by atoms with Gasteiger partial charge in [-0.15, -0.1) is 11.3 Å². The van der Waals surface area contributed by atoms with Crippen LogP contribution in [0, 0.1) is 6.92 Å². The summed E-state index contributed by atoms with van der Waals surface area (Å²) >= 11 is 1.44. The Bertz CT molecular complexity index is 547. The average molecular weight is 266 g/mol. The zero-order chi connectivity index (χ0) is 13.1. The van der Waals surface area contributed by atoms with Crippen LogP contribution in [0.25, 0.3) is 11.5 Å². The molecule has 1 atom stereocenters. The molecule has 0 bridgehead atoms. The normalized spacial score (nSPS) is 12.6. The maximum absolute atomic E-state index is 10.9.